The molecule has 0 heterocycles. The summed E-state index contributed by atoms with van der Waals surface area (Å²) >= 11 is 0. The molecule has 0 aliphatic carbocycles. The first-order valence-corrected chi connectivity index (χ1v) is 5.83. The third-order valence-corrected chi connectivity index (χ3v) is 2.57. The van der Waals surface area contributed by atoms with Gasteiger partial charge in [-0.05, 0) is 37.6 Å². The number of ether oxygens (including phenoxy) is 1. The van der Waals surface area contributed by atoms with Crippen molar-refractivity contribution in [1.82, 2.24) is 5.32 Å². The summed E-state index contributed by atoms with van der Waals surface area (Å²) in [5.41, 5.74) is -0.904. The van der Waals surface area contributed by atoms with Crippen molar-refractivity contribution >= 4 is 18.0 Å². The van der Waals surface area contributed by atoms with Crippen molar-refractivity contribution in [2.75, 3.05) is 7.11 Å². The van der Waals surface area contributed by atoms with Crippen molar-refractivity contribution in [3.63, 3.8) is 0 Å². The largest absolute Gasteiger partial charge is 0.494 e. The minimum absolute atomic E-state index is 0.110. The van der Waals surface area contributed by atoms with Crippen LogP contribution in [0.2, 0.25) is 0 Å². The van der Waals surface area contributed by atoms with Crippen LogP contribution in [0.4, 0.5) is 4.39 Å². The van der Waals surface area contributed by atoms with E-state index in [9.17, 15) is 14.0 Å². The van der Waals surface area contributed by atoms with E-state index in [-0.39, 0.29) is 5.75 Å². The highest BCUT2D eigenvalue weighted by atomic mass is 19.1. The molecule has 0 aliphatic heterocycles. The first-order valence-electron chi connectivity index (χ1n) is 5.83. The van der Waals surface area contributed by atoms with E-state index in [4.69, 9.17) is 9.84 Å². The summed E-state index contributed by atoms with van der Waals surface area (Å²) in [4.78, 5) is 22.4. The predicted octanol–water partition coefficient (Wildman–Crippen LogP) is 1.83. The number of carbonyl (C=O) groups is 2. The molecule has 0 radical (unpaired) electrons. The summed E-state index contributed by atoms with van der Waals surface area (Å²) in [5.74, 6) is -2.15. The SMILES string of the molecule is COc1ccc(/C=C/C(=O)NC(C)(C)C(=O)O)cc1F. The van der Waals surface area contributed by atoms with Crippen molar-refractivity contribution < 1.29 is 23.8 Å². The van der Waals surface area contributed by atoms with Crippen molar-refractivity contribution in [3.05, 3.63) is 35.7 Å². The van der Waals surface area contributed by atoms with Gasteiger partial charge in [0.1, 0.15) is 5.54 Å². The van der Waals surface area contributed by atoms with E-state index in [1.807, 2.05) is 0 Å². The Morgan fingerprint density at radius 2 is 2.05 bits per heavy atom. The number of carbonyl (C=O) groups excluding carboxylic acids is 1. The molecular formula is C14H16FNO4. The molecule has 0 bridgehead atoms. The number of rotatable bonds is 5. The van der Waals surface area contributed by atoms with Crippen molar-refractivity contribution in [2.45, 2.75) is 19.4 Å². The van der Waals surface area contributed by atoms with Crippen LogP contribution in [0.3, 0.4) is 0 Å². The Hall–Kier alpha value is -2.37. The molecule has 5 nitrogen and oxygen atoms in total. The van der Waals surface area contributed by atoms with Crippen LogP contribution in [0, 0.1) is 5.82 Å². The fraction of sp³-hybridized carbons (Fsp3) is 0.286. The second kappa shape index (κ2) is 6.18. The van der Waals surface area contributed by atoms with E-state index in [1.165, 1.54) is 39.2 Å². The maximum atomic E-state index is 13.4. The van der Waals surface area contributed by atoms with Crippen LogP contribution in [0.5, 0.6) is 5.75 Å². The minimum Gasteiger partial charge on any atom is -0.494 e. The van der Waals surface area contributed by atoms with Gasteiger partial charge in [0.2, 0.25) is 5.91 Å². The number of halogens is 1. The summed E-state index contributed by atoms with van der Waals surface area (Å²) < 4.78 is 18.2. The second-order valence-corrected chi connectivity index (χ2v) is 4.65. The monoisotopic (exact) mass is 281 g/mol. The molecule has 0 aromatic heterocycles. The van der Waals surface area contributed by atoms with Crippen LogP contribution < -0.4 is 10.1 Å². The Kier molecular flexibility index (Phi) is 4.85. The van der Waals surface area contributed by atoms with Crippen LogP contribution >= 0.6 is 0 Å². The Bertz CT molecular complexity index is 552. The molecule has 108 valence electrons. The van der Waals surface area contributed by atoms with Gasteiger partial charge in [0.25, 0.3) is 0 Å². The third kappa shape index (κ3) is 4.08. The van der Waals surface area contributed by atoms with E-state index in [2.05, 4.69) is 5.32 Å². The van der Waals surface area contributed by atoms with E-state index in [1.54, 1.807) is 6.07 Å². The number of methoxy groups -OCH3 is 1. The molecule has 0 atom stereocenters. The molecule has 0 aliphatic rings. The van der Waals surface area contributed by atoms with Crippen LogP contribution in [0.1, 0.15) is 19.4 Å². The number of hydrogen-bond donors (Lipinski definition) is 2. The summed E-state index contributed by atoms with van der Waals surface area (Å²) in [6.45, 7) is 2.74. The maximum Gasteiger partial charge on any atom is 0.328 e. The van der Waals surface area contributed by atoms with E-state index >= 15 is 0 Å². The number of aliphatic carboxylic acids is 1. The molecule has 0 saturated heterocycles. The van der Waals surface area contributed by atoms with E-state index < -0.39 is 23.2 Å². The number of benzene rings is 1. The lowest BCUT2D eigenvalue weighted by Crippen LogP contribution is -2.49. The van der Waals surface area contributed by atoms with Crippen molar-refractivity contribution in [2.24, 2.45) is 0 Å². The molecule has 20 heavy (non-hydrogen) atoms. The van der Waals surface area contributed by atoms with Crippen LogP contribution in [0.25, 0.3) is 6.08 Å². The molecule has 1 aromatic rings. The first kappa shape index (κ1) is 15.7. The quantitative estimate of drug-likeness (QED) is 0.807. The normalized spacial score (nSPS) is 11.4. The Balaban J connectivity index is 2.75. The minimum atomic E-state index is -1.37. The van der Waals surface area contributed by atoms with Gasteiger partial charge in [-0.3, -0.25) is 4.79 Å². The van der Waals surface area contributed by atoms with Gasteiger partial charge in [0.05, 0.1) is 7.11 Å². The number of amides is 1. The Morgan fingerprint density at radius 3 is 2.55 bits per heavy atom. The third-order valence-electron chi connectivity index (χ3n) is 2.57. The molecule has 6 heteroatoms. The van der Waals surface area contributed by atoms with Gasteiger partial charge in [0.15, 0.2) is 11.6 Å². The number of nitrogens with one attached hydrogen (secondary N) is 1. The number of carboxylic acids is 1. The molecule has 1 amide bonds. The maximum absolute atomic E-state index is 13.4. The zero-order valence-corrected chi connectivity index (χ0v) is 11.4. The van der Waals surface area contributed by atoms with Crippen molar-refractivity contribution in [1.29, 1.82) is 0 Å². The van der Waals surface area contributed by atoms with Gasteiger partial charge >= 0.3 is 5.97 Å². The highest BCUT2D eigenvalue weighted by Crippen LogP contribution is 2.18. The van der Waals surface area contributed by atoms with Gasteiger partial charge < -0.3 is 15.2 Å². The van der Waals surface area contributed by atoms with E-state index in [0.29, 0.717) is 5.56 Å². The molecule has 0 spiro atoms. The van der Waals surface area contributed by atoms with Crippen LogP contribution in [0.15, 0.2) is 24.3 Å². The fourth-order valence-corrected chi connectivity index (χ4v) is 1.36. The highest BCUT2D eigenvalue weighted by molar-refractivity contribution is 5.95. The Morgan fingerprint density at radius 1 is 1.40 bits per heavy atom. The van der Waals surface area contributed by atoms with Gasteiger partial charge in [-0.1, -0.05) is 6.07 Å². The summed E-state index contributed by atoms with van der Waals surface area (Å²) in [5, 5.41) is 11.2. The zero-order valence-electron chi connectivity index (χ0n) is 11.4. The molecule has 2 N–H and O–H groups in total. The highest BCUT2D eigenvalue weighted by Gasteiger charge is 2.27. The average Bonchev–Trinajstić information content (AvgIpc) is 2.35. The van der Waals surface area contributed by atoms with Gasteiger partial charge in [-0.2, -0.15) is 0 Å². The summed E-state index contributed by atoms with van der Waals surface area (Å²) in [7, 11) is 1.36. The lowest BCUT2D eigenvalue weighted by atomic mass is 10.1. The molecular weight excluding hydrogens is 265 g/mol. The topological polar surface area (TPSA) is 75.6 Å². The number of carboxylic acid groups (broad SMARTS) is 1. The summed E-state index contributed by atoms with van der Waals surface area (Å²) in [6.07, 6.45) is 2.53. The van der Waals surface area contributed by atoms with Gasteiger partial charge in [-0.15, -0.1) is 0 Å². The van der Waals surface area contributed by atoms with E-state index in [0.717, 1.165) is 6.08 Å². The molecule has 0 fully saturated rings. The summed E-state index contributed by atoms with van der Waals surface area (Å²) in [6, 6.07) is 4.23. The smallest absolute Gasteiger partial charge is 0.328 e. The molecule has 0 saturated carbocycles. The molecule has 0 unspecified atom stereocenters. The van der Waals surface area contributed by atoms with Crippen LogP contribution in [-0.2, 0) is 9.59 Å². The standard InChI is InChI=1S/C14H16FNO4/c1-14(2,13(18)19)16-12(17)7-5-9-4-6-11(20-3)10(15)8-9/h4-8H,1-3H3,(H,16,17)(H,18,19)/b7-5+. The fourth-order valence-electron chi connectivity index (χ4n) is 1.36. The Labute approximate surface area is 116 Å². The second-order valence-electron chi connectivity index (χ2n) is 4.65. The molecule has 1 aromatic carbocycles. The lowest BCUT2D eigenvalue weighted by Gasteiger charge is -2.19. The number of hydrogen-bond acceptors (Lipinski definition) is 3. The molecule has 1 rings (SSSR count). The average molecular weight is 281 g/mol. The zero-order chi connectivity index (χ0) is 15.3. The van der Waals surface area contributed by atoms with Crippen molar-refractivity contribution in [3.8, 4) is 5.75 Å². The van der Waals surface area contributed by atoms with Crippen LogP contribution in [-0.4, -0.2) is 29.6 Å². The van der Waals surface area contributed by atoms with Gasteiger partial charge in [0, 0.05) is 6.08 Å². The first-order chi connectivity index (χ1) is 9.26. The predicted molar refractivity (Wildman–Crippen MR) is 71.8 cm³/mol. The lowest BCUT2D eigenvalue weighted by molar-refractivity contribution is -0.145. The van der Waals surface area contributed by atoms with Gasteiger partial charge in [-0.25, -0.2) is 9.18 Å².